The van der Waals surface area contributed by atoms with E-state index in [0.29, 0.717) is 0 Å². The van der Waals surface area contributed by atoms with Crippen LogP contribution in [0.15, 0.2) is 60.8 Å². The molecule has 0 unspecified atom stereocenters. The summed E-state index contributed by atoms with van der Waals surface area (Å²) in [5, 5.41) is 5.81. The van der Waals surface area contributed by atoms with Crippen LogP contribution in [0.25, 0.3) is 21.9 Å². The average molecular weight is 292 g/mol. The van der Waals surface area contributed by atoms with Gasteiger partial charge in [0.2, 0.25) is 0 Å². The Bertz CT molecular complexity index is 733. The topological polar surface area (TPSA) is 34.1 Å². The summed E-state index contributed by atoms with van der Waals surface area (Å²) in [6, 6.07) is 19.0. The summed E-state index contributed by atoms with van der Waals surface area (Å²) in [6.45, 7) is 1.63. The zero-order valence-corrected chi connectivity index (χ0v) is 12.8. The average Bonchev–Trinajstić information content (AvgIpc) is 2.59. The Morgan fingerprint density at radius 1 is 1.00 bits per heavy atom. The lowest BCUT2D eigenvalue weighted by molar-refractivity contribution is 0.198. The lowest BCUT2D eigenvalue weighted by Gasteiger charge is -2.08. The van der Waals surface area contributed by atoms with Gasteiger partial charge in [0, 0.05) is 32.0 Å². The highest BCUT2D eigenvalue weighted by atomic mass is 16.5. The molecule has 0 aliphatic heterocycles. The molecular formula is C19H20N2O. The van der Waals surface area contributed by atoms with Crippen molar-refractivity contribution in [3.8, 4) is 11.1 Å². The van der Waals surface area contributed by atoms with Gasteiger partial charge < -0.3 is 10.1 Å². The number of methoxy groups -OCH3 is 1. The molecule has 0 aliphatic carbocycles. The molecule has 0 fully saturated rings. The van der Waals surface area contributed by atoms with Crippen molar-refractivity contribution >= 4 is 16.6 Å². The number of aromatic nitrogens is 1. The molecule has 0 aliphatic rings. The zero-order chi connectivity index (χ0) is 15.2. The monoisotopic (exact) mass is 292 g/mol. The van der Waals surface area contributed by atoms with Crippen molar-refractivity contribution in [2.24, 2.45) is 0 Å². The smallest absolute Gasteiger partial charge is 0.125 e. The van der Waals surface area contributed by atoms with Crippen LogP contribution in [0.5, 0.6) is 0 Å². The van der Waals surface area contributed by atoms with Crippen LogP contribution in [0, 0.1) is 0 Å². The first-order valence-electron chi connectivity index (χ1n) is 7.55. The van der Waals surface area contributed by atoms with Gasteiger partial charge in [-0.3, -0.25) is 0 Å². The highest BCUT2D eigenvalue weighted by molar-refractivity contribution is 5.96. The van der Waals surface area contributed by atoms with Gasteiger partial charge in [-0.2, -0.15) is 0 Å². The van der Waals surface area contributed by atoms with Crippen LogP contribution < -0.4 is 5.32 Å². The van der Waals surface area contributed by atoms with E-state index in [9.17, 15) is 0 Å². The molecule has 3 heteroatoms. The molecule has 3 rings (SSSR count). The van der Waals surface area contributed by atoms with Crippen LogP contribution in [-0.4, -0.2) is 25.2 Å². The normalized spacial score (nSPS) is 10.8. The second-order valence-corrected chi connectivity index (χ2v) is 5.23. The van der Waals surface area contributed by atoms with Gasteiger partial charge in [-0.25, -0.2) is 4.98 Å². The minimum absolute atomic E-state index is 0.765. The van der Waals surface area contributed by atoms with E-state index < -0.39 is 0 Å². The van der Waals surface area contributed by atoms with Gasteiger partial charge in [-0.05, 0) is 34.9 Å². The molecule has 22 heavy (non-hydrogen) atoms. The lowest BCUT2D eigenvalue weighted by Crippen LogP contribution is -2.05. The van der Waals surface area contributed by atoms with Gasteiger partial charge in [-0.15, -0.1) is 0 Å². The number of rotatable bonds is 6. The molecule has 1 heterocycles. The lowest BCUT2D eigenvalue weighted by atomic mass is 10.00. The summed E-state index contributed by atoms with van der Waals surface area (Å²) in [7, 11) is 1.72. The Kier molecular flexibility index (Phi) is 4.66. The zero-order valence-electron chi connectivity index (χ0n) is 12.8. The first-order valence-corrected chi connectivity index (χ1v) is 7.55. The Morgan fingerprint density at radius 3 is 2.68 bits per heavy atom. The number of pyridine rings is 1. The number of anilines is 1. The fraction of sp³-hybridized carbons (Fsp3) is 0.211. The van der Waals surface area contributed by atoms with Gasteiger partial charge >= 0.3 is 0 Å². The summed E-state index contributed by atoms with van der Waals surface area (Å²) in [6.07, 6.45) is 2.91. The van der Waals surface area contributed by atoms with Crippen molar-refractivity contribution in [2.45, 2.75) is 6.42 Å². The Morgan fingerprint density at radius 2 is 1.86 bits per heavy atom. The second kappa shape index (κ2) is 7.05. The molecule has 3 aromatic rings. The molecule has 0 radical (unpaired) electrons. The number of benzene rings is 2. The van der Waals surface area contributed by atoms with E-state index in [1.165, 1.54) is 16.3 Å². The molecular weight excluding hydrogens is 272 g/mol. The maximum absolute atomic E-state index is 5.04. The molecule has 1 aromatic heterocycles. The number of fused-ring (bicyclic) bond motifs is 1. The first kappa shape index (κ1) is 14.5. The highest BCUT2D eigenvalue weighted by Gasteiger charge is 2.03. The third kappa shape index (κ3) is 3.26. The fourth-order valence-corrected chi connectivity index (χ4v) is 2.57. The van der Waals surface area contributed by atoms with E-state index in [1.54, 1.807) is 7.11 Å². The molecule has 1 N–H and O–H groups in total. The summed E-state index contributed by atoms with van der Waals surface area (Å²) < 4.78 is 5.04. The van der Waals surface area contributed by atoms with E-state index in [0.717, 1.165) is 31.0 Å². The van der Waals surface area contributed by atoms with Crippen molar-refractivity contribution in [1.82, 2.24) is 4.98 Å². The van der Waals surface area contributed by atoms with Crippen LogP contribution >= 0.6 is 0 Å². The van der Waals surface area contributed by atoms with E-state index in [-0.39, 0.29) is 0 Å². The molecule has 0 saturated heterocycles. The number of nitrogens with zero attached hydrogens (tertiary/aromatic N) is 1. The molecule has 0 atom stereocenters. The van der Waals surface area contributed by atoms with Gasteiger partial charge in [0.1, 0.15) is 5.82 Å². The standard InChI is InChI=1S/C19H20N2O/c1-22-13-5-12-20-19-11-10-16(14-21-19)18-9-4-7-15-6-2-3-8-17(15)18/h2-4,6-11,14H,5,12-13H2,1H3,(H,20,21). The molecule has 0 saturated carbocycles. The van der Waals surface area contributed by atoms with E-state index >= 15 is 0 Å². The molecule has 0 spiro atoms. The summed E-state index contributed by atoms with van der Waals surface area (Å²) in [4.78, 5) is 4.51. The number of ether oxygens (including phenoxy) is 1. The van der Waals surface area contributed by atoms with Gasteiger partial charge in [0.05, 0.1) is 0 Å². The van der Waals surface area contributed by atoms with Crippen molar-refractivity contribution in [3.05, 3.63) is 60.8 Å². The van der Waals surface area contributed by atoms with Crippen molar-refractivity contribution in [1.29, 1.82) is 0 Å². The molecule has 112 valence electrons. The second-order valence-electron chi connectivity index (χ2n) is 5.23. The summed E-state index contributed by atoms with van der Waals surface area (Å²) >= 11 is 0. The molecule has 0 bridgehead atoms. The predicted molar refractivity (Wildman–Crippen MR) is 92.2 cm³/mol. The van der Waals surface area contributed by atoms with E-state index in [4.69, 9.17) is 4.74 Å². The van der Waals surface area contributed by atoms with Crippen molar-refractivity contribution < 1.29 is 4.74 Å². The Labute approximate surface area is 131 Å². The van der Waals surface area contributed by atoms with Crippen molar-refractivity contribution in [2.75, 3.05) is 25.6 Å². The van der Waals surface area contributed by atoms with Crippen LogP contribution in [0.1, 0.15) is 6.42 Å². The largest absolute Gasteiger partial charge is 0.385 e. The van der Waals surface area contributed by atoms with Gasteiger partial charge in [0.25, 0.3) is 0 Å². The predicted octanol–water partition coefficient (Wildman–Crippen LogP) is 4.35. The number of hydrogen-bond donors (Lipinski definition) is 1. The fourth-order valence-electron chi connectivity index (χ4n) is 2.57. The Hall–Kier alpha value is -2.39. The van der Waals surface area contributed by atoms with Crippen LogP contribution in [0.2, 0.25) is 0 Å². The van der Waals surface area contributed by atoms with E-state index in [2.05, 4.69) is 58.8 Å². The SMILES string of the molecule is COCCCNc1ccc(-c2cccc3ccccc23)cn1. The maximum Gasteiger partial charge on any atom is 0.125 e. The minimum Gasteiger partial charge on any atom is -0.385 e. The van der Waals surface area contributed by atoms with Crippen LogP contribution in [0.3, 0.4) is 0 Å². The third-order valence-electron chi connectivity index (χ3n) is 3.70. The number of nitrogens with one attached hydrogen (secondary N) is 1. The van der Waals surface area contributed by atoms with Crippen LogP contribution in [0.4, 0.5) is 5.82 Å². The maximum atomic E-state index is 5.04. The summed E-state index contributed by atoms with van der Waals surface area (Å²) in [5.74, 6) is 0.903. The van der Waals surface area contributed by atoms with Gasteiger partial charge in [-0.1, -0.05) is 42.5 Å². The quantitative estimate of drug-likeness (QED) is 0.686. The summed E-state index contributed by atoms with van der Waals surface area (Å²) in [5.41, 5.74) is 2.36. The first-order chi connectivity index (χ1) is 10.9. The van der Waals surface area contributed by atoms with Crippen LogP contribution in [-0.2, 0) is 4.74 Å². The van der Waals surface area contributed by atoms with E-state index in [1.807, 2.05) is 12.3 Å². The van der Waals surface area contributed by atoms with Crippen molar-refractivity contribution in [3.63, 3.8) is 0 Å². The molecule has 3 nitrogen and oxygen atoms in total. The highest BCUT2D eigenvalue weighted by Crippen LogP contribution is 2.28. The Balaban J connectivity index is 1.80. The van der Waals surface area contributed by atoms with Gasteiger partial charge in [0.15, 0.2) is 0 Å². The minimum atomic E-state index is 0.765. The number of hydrogen-bond acceptors (Lipinski definition) is 3. The third-order valence-corrected chi connectivity index (χ3v) is 3.70. The molecule has 2 aromatic carbocycles. The molecule has 0 amide bonds.